The van der Waals surface area contributed by atoms with Crippen molar-refractivity contribution in [3.63, 3.8) is 0 Å². The molecule has 0 aromatic rings. The summed E-state index contributed by atoms with van der Waals surface area (Å²) in [6.07, 6.45) is 0.254. The fourth-order valence-corrected chi connectivity index (χ4v) is 4.95. The highest BCUT2D eigenvalue weighted by Crippen LogP contribution is 2.62. The fraction of sp³-hybridized carbons (Fsp3) is 0.786. The molecule has 3 rings (SSSR count). The molecular weight excluding hydrogens is 278 g/mol. The van der Waals surface area contributed by atoms with Gasteiger partial charge >= 0.3 is 11.9 Å². The lowest BCUT2D eigenvalue weighted by atomic mass is 9.75. The van der Waals surface area contributed by atoms with Gasteiger partial charge in [-0.25, -0.2) is 0 Å². The Morgan fingerprint density at radius 1 is 1.65 bits per heavy atom. The Morgan fingerprint density at radius 2 is 2.35 bits per heavy atom. The molecule has 6 heteroatoms. The summed E-state index contributed by atoms with van der Waals surface area (Å²) in [6, 6.07) is 2.13. The monoisotopic (exact) mass is 295 g/mol. The van der Waals surface area contributed by atoms with E-state index in [9.17, 15) is 14.9 Å². The number of fused-ring (bicyclic) bond motifs is 1. The van der Waals surface area contributed by atoms with Crippen LogP contribution in [0.1, 0.15) is 33.6 Å². The number of ether oxygens (including phenoxy) is 2. The molecule has 2 bridgehead atoms. The van der Waals surface area contributed by atoms with E-state index in [2.05, 4.69) is 6.07 Å². The number of thioether (sulfide) groups is 1. The first-order chi connectivity index (χ1) is 9.35. The summed E-state index contributed by atoms with van der Waals surface area (Å²) in [7, 11) is 0. The van der Waals surface area contributed by atoms with Crippen molar-refractivity contribution in [1.29, 1.82) is 5.26 Å². The molecule has 5 nitrogen and oxygen atoms in total. The molecule has 0 aromatic carbocycles. The SMILES string of the molecule is CCC(C)(C)C(=O)OC1C2CC3(C#N)C(=O)OC1C3S2. The van der Waals surface area contributed by atoms with Crippen LogP contribution < -0.4 is 0 Å². The van der Waals surface area contributed by atoms with Gasteiger partial charge in [-0.15, -0.1) is 11.8 Å². The van der Waals surface area contributed by atoms with Gasteiger partial charge in [-0.3, -0.25) is 9.59 Å². The van der Waals surface area contributed by atoms with Crippen LogP contribution in [0.15, 0.2) is 0 Å². The third-order valence-electron chi connectivity index (χ3n) is 4.81. The van der Waals surface area contributed by atoms with Gasteiger partial charge in [-0.05, 0) is 26.7 Å². The molecule has 3 heterocycles. The Bertz CT molecular complexity index is 526. The molecule has 3 aliphatic rings. The van der Waals surface area contributed by atoms with Crippen molar-refractivity contribution in [3.05, 3.63) is 0 Å². The highest BCUT2D eigenvalue weighted by atomic mass is 32.2. The Hall–Kier alpha value is -1.22. The van der Waals surface area contributed by atoms with Crippen LogP contribution in [-0.2, 0) is 19.1 Å². The van der Waals surface area contributed by atoms with Gasteiger partial charge in [0.25, 0.3) is 0 Å². The third-order valence-corrected chi connectivity index (χ3v) is 6.55. The van der Waals surface area contributed by atoms with E-state index in [-0.39, 0.29) is 16.5 Å². The number of hydrogen-bond donors (Lipinski definition) is 0. The first-order valence-electron chi connectivity index (χ1n) is 6.84. The van der Waals surface area contributed by atoms with Crippen LogP contribution in [0.25, 0.3) is 0 Å². The van der Waals surface area contributed by atoms with Gasteiger partial charge in [-0.2, -0.15) is 5.26 Å². The van der Waals surface area contributed by atoms with Crippen LogP contribution in [-0.4, -0.2) is 34.6 Å². The molecular formula is C14H17NO4S. The first kappa shape index (κ1) is 13.7. The van der Waals surface area contributed by atoms with Gasteiger partial charge < -0.3 is 9.47 Å². The van der Waals surface area contributed by atoms with E-state index in [1.54, 1.807) is 11.8 Å². The molecule has 3 fully saturated rings. The number of hydrogen-bond acceptors (Lipinski definition) is 6. The predicted molar refractivity (Wildman–Crippen MR) is 71.7 cm³/mol. The second-order valence-electron chi connectivity index (χ2n) is 6.36. The van der Waals surface area contributed by atoms with E-state index >= 15 is 0 Å². The largest absolute Gasteiger partial charge is 0.457 e. The fourth-order valence-electron chi connectivity index (χ4n) is 3.00. The Balaban J connectivity index is 1.80. The Kier molecular flexibility index (Phi) is 2.85. The molecule has 3 saturated heterocycles. The summed E-state index contributed by atoms with van der Waals surface area (Å²) in [5.74, 6) is -0.707. The minimum atomic E-state index is -1.01. The van der Waals surface area contributed by atoms with Gasteiger partial charge in [0.15, 0.2) is 17.6 Å². The smallest absolute Gasteiger partial charge is 0.328 e. The van der Waals surface area contributed by atoms with Crippen LogP contribution in [0.2, 0.25) is 0 Å². The molecule has 0 saturated carbocycles. The van der Waals surface area contributed by atoms with Crippen molar-refractivity contribution in [2.75, 3.05) is 0 Å². The van der Waals surface area contributed by atoms with E-state index in [1.165, 1.54) is 0 Å². The molecule has 0 radical (unpaired) electrons. The molecule has 0 aliphatic carbocycles. The van der Waals surface area contributed by atoms with Crippen molar-refractivity contribution in [3.8, 4) is 6.07 Å². The van der Waals surface area contributed by atoms with E-state index < -0.39 is 29.0 Å². The maximum absolute atomic E-state index is 12.2. The quantitative estimate of drug-likeness (QED) is 0.737. The maximum Gasteiger partial charge on any atom is 0.328 e. The lowest BCUT2D eigenvalue weighted by Gasteiger charge is -2.29. The highest BCUT2D eigenvalue weighted by Gasteiger charge is 2.73. The number of nitriles is 1. The lowest BCUT2D eigenvalue weighted by Crippen LogP contribution is -2.45. The van der Waals surface area contributed by atoms with Gasteiger partial charge in [0.1, 0.15) is 0 Å². The summed E-state index contributed by atoms with van der Waals surface area (Å²) < 4.78 is 11.0. The van der Waals surface area contributed by atoms with Crippen LogP contribution in [0.5, 0.6) is 0 Å². The van der Waals surface area contributed by atoms with E-state index in [4.69, 9.17) is 9.47 Å². The summed E-state index contributed by atoms with van der Waals surface area (Å²) in [6.45, 7) is 5.62. The second kappa shape index (κ2) is 4.14. The van der Waals surface area contributed by atoms with Gasteiger partial charge in [0.2, 0.25) is 0 Å². The molecule has 5 unspecified atom stereocenters. The average molecular weight is 295 g/mol. The number of nitrogens with zero attached hydrogens (tertiary/aromatic N) is 1. The predicted octanol–water partition coefficient (Wildman–Crippen LogP) is 1.66. The molecule has 3 aliphatic heterocycles. The normalized spacial score (nSPS) is 41.4. The van der Waals surface area contributed by atoms with Crippen molar-refractivity contribution in [2.24, 2.45) is 10.8 Å². The van der Waals surface area contributed by atoms with Crippen molar-refractivity contribution in [2.45, 2.75) is 56.3 Å². The summed E-state index contributed by atoms with van der Waals surface area (Å²) in [5, 5.41) is 9.11. The highest BCUT2D eigenvalue weighted by molar-refractivity contribution is 8.01. The minimum Gasteiger partial charge on any atom is -0.457 e. The zero-order chi connectivity index (χ0) is 14.7. The summed E-state index contributed by atoms with van der Waals surface area (Å²) >= 11 is 1.56. The molecule has 108 valence electrons. The van der Waals surface area contributed by atoms with Crippen LogP contribution in [0.3, 0.4) is 0 Å². The average Bonchev–Trinajstić information content (AvgIpc) is 3.00. The topological polar surface area (TPSA) is 76.4 Å². The van der Waals surface area contributed by atoms with E-state index in [1.807, 2.05) is 20.8 Å². The van der Waals surface area contributed by atoms with Crippen molar-refractivity contribution >= 4 is 23.7 Å². The summed E-state index contributed by atoms with van der Waals surface area (Å²) in [5.41, 5.74) is -1.55. The summed E-state index contributed by atoms with van der Waals surface area (Å²) in [4.78, 5) is 24.1. The van der Waals surface area contributed by atoms with E-state index in [0.29, 0.717) is 12.8 Å². The molecule has 5 atom stereocenters. The van der Waals surface area contributed by atoms with Gasteiger partial charge in [0, 0.05) is 5.25 Å². The molecule has 0 spiro atoms. The lowest BCUT2D eigenvalue weighted by molar-refractivity contribution is -0.168. The Morgan fingerprint density at radius 3 is 2.95 bits per heavy atom. The third kappa shape index (κ3) is 1.56. The number of carbonyl (C=O) groups excluding carboxylic acids is 2. The van der Waals surface area contributed by atoms with Crippen molar-refractivity contribution < 1.29 is 19.1 Å². The van der Waals surface area contributed by atoms with Gasteiger partial charge in [-0.1, -0.05) is 6.92 Å². The van der Waals surface area contributed by atoms with E-state index in [0.717, 1.165) is 0 Å². The molecule has 0 aromatic heterocycles. The van der Waals surface area contributed by atoms with Crippen LogP contribution in [0, 0.1) is 22.2 Å². The van der Waals surface area contributed by atoms with Crippen molar-refractivity contribution in [1.82, 2.24) is 0 Å². The zero-order valence-electron chi connectivity index (χ0n) is 11.7. The minimum absolute atomic E-state index is 0.00675. The molecule has 0 amide bonds. The van der Waals surface area contributed by atoms with Crippen LogP contribution in [0.4, 0.5) is 0 Å². The number of esters is 2. The van der Waals surface area contributed by atoms with Gasteiger partial charge in [0.05, 0.1) is 16.7 Å². The standard InChI is InChI=1S/C14H17NO4S/c1-4-13(2,3)11(16)18-8-7-5-14(6-15)10(20-7)9(8)19-12(14)17/h7-10H,4-5H2,1-3H3. The maximum atomic E-state index is 12.2. The zero-order valence-corrected chi connectivity index (χ0v) is 12.5. The number of carbonyl (C=O) groups is 2. The second-order valence-corrected chi connectivity index (χ2v) is 7.75. The molecule has 0 N–H and O–H groups in total. The first-order valence-corrected chi connectivity index (χ1v) is 7.79. The Labute approximate surface area is 122 Å². The van der Waals surface area contributed by atoms with Crippen LogP contribution >= 0.6 is 11.8 Å². The molecule has 20 heavy (non-hydrogen) atoms. The number of rotatable bonds is 3.